The van der Waals surface area contributed by atoms with Crippen molar-refractivity contribution in [1.82, 2.24) is 0 Å². The second kappa shape index (κ2) is 8.37. The maximum Gasteiger partial charge on any atom is 0.364 e. The van der Waals surface area contributed by atoms with Gasteiger partial charge in [-0.15, -0.1) is 0 Å². The monoisotopic (exact) mass is 287 g/mol. The van der Waals surface area contributed by atoms with Crippen molar-refractivity contribution in [2.75, 3.05) is 7.11 Å². The summed E-state index contributed by atoms with van der Waals surface area (Å²) >= 11 is 0. The number of benzene rings is 1. The first-order valence-electron chi connectivity index (χ1n) is 5.23. The Morgan fingerprint density at radius 2 is 1.70 bits per heavy atom. The maximum absolute atomic E-state index is 11.1. The predicted molar refractivity (Wildman–Crippen MR) is 65.9 cm³/mol. The van der Waals surface area contributed by atoms with Gasteiger partial charge in [0.2, 0.25) is 0 Å². The van der Waals surface area contributed by atoms with Crippen molar-refractivity contribution < 1.29 is 25.3 Å². The third-order valence-corrected chi connectivity index (χ3v) is 2.16. The Hall–Kier alpha value is -2.75. The molecule has 3 N–H and O–H groups in total. The van der Waals surface area contributed by atoms with Crippen LogP contribution in [0.15, 0.2) is 24.3 Å². The summed E-state index contributed by atoms with van der Waals surface area (Å²) in [6.45, 7) is 0. The molecule has 10 nitrogen and oxygen atoms in total. The van der Waals surface area contributed by atoms with Crippen LogP contribution < -0.4 is 5.73 Å². The molecule has 0 spiro atoms. The number of nitro benzene ring substituents is 1. The lowest BCUT2D eigenvalue weighted by atomic mass is 10.1. The van der Waals surface area contributed by atoms with Crippen molar-refractivity contribution in [3.8, 4) is 0 Å². The lowest BCUT2D eigenvalue weighted by Crippen LogP contribution is -2.66. The van der Waals surface area contributed by atoms with Crippen LogP contribution in [-0.4, -0.2) is 29.1 Å². The van der Waals surface area contributed by atoms with Gasteiger partial charge in [0.05, 0.1) is 17.1 Å². The first-order valence-corrected chi connectivity index (χ1v) is 5.23. The topological polar surface area (TPSA) is 163 Å². The van der Waals surface area contributed by atoms with Gasteiger partial charge in [-0.2, -0.15) is 0 Å². The fourth-order valence-electron chi connectivity index (χ4n) is 1.29. The average Bonchev–Trinajstić information content (AvgIpc) is 2.37. The number of esters is 1. The van der Waals surface area contributed by atoms with Crippen molar-refractivity contribution in [1.29, 1.82) is 0 Å². The summed E-state index contributed by atoms with van der Waals surface area (Å²) < 4.78 is 4.54. The number of quaternary nitrogens is 1. The summed E-state index contributed by atoms with van der Waals surface area (Å²) in [5.41, 5.74) is 4.50. The first-order chi connectivity index (χ1) is 9.27. The Labute approximate surface area is 113 Å². The Bertz CT molecular complexity index is 470. The minimum atomic E-state index is -1.75. The van der Waals surface area contributed by atoms with E-state index < -0.39 is 22.0 Å². The van der Waals surface area contributed by atoms with E-state index in [1.54, 1.807) is 12.1 Å². The summed E-state index contributed by atoms with van der Waals surface area (Å²) in [6, 6.07) is 5.53. The van der Waals surface area contributed by atoms with Crippen LogP contribution in [0.5, 0.6) is 0 Å². The van der Waals surface area contributed by atoms with Crippen molar-refractivity contribution in [2.45, 2.75) is 12.5 Å². The fraction of sp³-hybridized carbons (Fsp3) is 0.300. The summed E-state index contributed by atoms with van der Waals surface area (Å²) in [7, 11) is 1.30. The molecule has 0 fully saturated rings. The van der Waals surface area contributed by atoms with E-state index >= 15 is 0 Å². The second-order valence-corrected chi connectivity index (χ2v) is 3.57. The number of ether oxygens (including phenoxy) is 1. The Kier molecular flexibility index (Phi) is 7.22. The van der Waals surface area contributed by atoms with E-state index in [1.165, 1.54) is 19.2 Å². The molecule has 0 aromatic heterocycles. The minimum Gasteiger partial charge on any atom is -0.465 e. The van der Waals surface area contributed by atoms with Crippen molar-refractivity contribution in [2.24, 2.45) is 0 Å². The molecule has 0 saturated heterocycles. The van der Waals surface area contributed by atoms with Gasteiger partial charge >= 0.3 is 5.97 Å². The summed E-state index contributed by atoms with van der Waals surface area (Å²) in [5.74, 6) is -0.390. The summed E-state index contributed by atoms with van der Waals surface area (Å²) in [5, 5.41) is 25.2. The van der Waals surface area contributed by atoms with Gasteiger partial charge in [0, 0.05) is 18.6 Å². The van der Waals surface area contributed by atoms with E-state index in [1.807, 2.05) is 0 Å². The molecule has 20 heavy (non-hydrogen) atoms. The van der Waals surface area contributed by atoms with E-state index in [2.05, 4.69) is 10.5 Å². The van der Waals surface area contributed by atoms with Crippen LogP contribution in [0.25, 0.3) is 0 Å². The number of nitrogens with zero attached hydrogens (tertiary/aromatic N) is 2. The molecule has 0 heterocycles. The van der Waals surface area contributed by atoms with Crippen LogP contribution in [0.2, 0.25) is 0 Å². The normalized spacial score (nSPS) is 10.7. The van der Waals surface area contributed by atoms with Crippen molar-refractivity contribution in [3.63, 3.8) is 0 Å². The maximum atomic E-state index is 11.1. The van der Waals surface area contributed by atoms with Gasteiger partial charge in [0.25, 0.3) is 5.69 Å². The lowest BCUT2D eigenvalue weighted by molar-refractivity contribution is -0.407. The number of methoxy groups -OCH3 is 1. The zero-order valence-corrected chi connectivity index (χ0v) is 10.6. The van der Waals surface area contributed by atoms with Crippen molar-refractivity contribution in [3.05, 3.63) is 55.3 Å². The molecule has 110 valence electrons. The molecule has 1 aromatic rings. The number of hydrogen-bond acceptors (Lipinski definition) is 7. The van der Waals surface area contributed by atoms with Gasteiger partial charge in [0.15, 0.2) is 6.04 Å². The quantitative estimate of drug-likeness (QED) is 0.450. The molecule has 0 radical (unpaired) electrons. The van der Waals surface area contributed by atoms with Crippen LogP contribution in [0.4, 0.5) is 5.69 Å². The molecule has 10 heteroatoms. The molecule has 0 amide bonds. The van der Waals surface area contributed by atoms with Gasteiger partial charge in [-0.25, -0.2) is 4.79 Å². The van der Waals surface area contributed by atoms with Crippen molar-refractivity contribution >= 4 is 11.7 Å². The number of carbonyl (C=O) groups excluding carboxylic acids is 1. The summed E-state index contributed by atoms with van der Waals surface area (Å²) in [6.07, 6.45) is 0.407. The Morgan fingerprint density at radius 3 is 2.05 bits per heavy atom. The number of carbonyl (C=O) groups is 1. The number of nitro groups is 1. The van der Waals surface area contributed by atoms with E-state index in [0.717, 1.165) is 5.56 Å². The summed E-state index contributed by atoms with van der Waals surface area (Å²) in [4.78, 5) is 29.3. The molecule has 0 saturated carbocycles. The Morgan fingerprint density at radius 1 is 1.25 bits per heavy atom. The average molecular weight is 287 g/mol. The van der Waals surface area contributed by atoms with Crippen LogP contribution >= 0.6 is 0 Å². The standard InChI is InChI=1S/C10H12N2O4.NO3/c1-16-10(13)9(11)6-7-2-4-8(5-3-7)12(14)15;2-1(3)4/h2-5,9H,6,11H2,1H3;/q;-1/p+1/t9-;/m1./s1. The smallest absolute Gasteiger partial charge is 0.364 e. The molecule has 1 aromatic carbocycles. The third-order valence-electron chi connectivity index (χ3n) is 2.16. The van der Waals surface area contributed by atoms with Gasteiger partial charge in [-0.05, 0) is 5.56 Å². The van der Waals surface area contributed by atoms with Crippen LogP contribution in [0.3, 0.4) is 0 Å². The fourth-order valence-corrected chi connectivity index (χ4v) is 1.29. The van der Waals surface area contributed by atoms with Crippen LogP contribution in [0, 0.1) is 25.4 Å². The van der Waals surface area contributed by atoms with E-state index in [9.17, 15) is 14.9 Å². The van der Waals surface area contributed by atoms with Gasteiger partial charge in [-0.1, -0.05) is 12.1 Å². The molecule has 1 rings (SSSR count). The van der Waals surface area contributed by atoms with Crippen LogP contribution in [-0.2, 0) is 16.0 Å². The van der Waals surface area contributed by atoms with Gasteiger partial charge in [-0.3, -0.25) is 10.1 Å². The second-order valence-electron chi connectivity index (χ2n) is 3.57. The lowest BCUT2D eigenvalue weighted by Gasteiger charge is -2.05. The van der Waals surface area contributed by atoms with E-state index in [4.69, 9.17) is 15.3 Å². The van der Waals surface area contributed by atoms with Gasteiger partial charge in [0.1, 0.15) is 0 Å². The highest BCUT2D eigenvalue weighted by Crippen LogP contribution is 2.12. The number of hydrogen-bond donors (Lipinski definition) is 1. The first kappa shape index (κ1) is 17.2. The number of non-ortho nitro benzene ring substituents is 1. The molecule has 0 bridgehead atoms. The third kappa shape index (κ3) is 6.86. The predicted octanol–water partition coefficient (Wildman–Crippen LogP) is -0.318. The molecule has 0 unspecified atom stereocenters. The highest BCUT2D eigenvalue weighted by atomic mass is 16.9. The zero-order chi connectivity index (χ0) is 15.7. The van der Waals surface area contributed by atoms with E-state index in [-0.39, 0.29) is 5.69 Å². The SMILES string of the molecule is COC(=O)[C@H]([NH3+])Cc1ccc([N+](=O)[O-])cc1.O=[N+]([O-])[O-]. The molecular weight excluding hydrogens is 274 g/mol. The molecule has 1 atom stereocenters. The van der Waals surface area contributed by atoms with Gasteiger partial charge < -0.3 is 25.8 Å². The highest BCUT2D eigenvalue weighted by molar-refractivity contribution is 5.74. The largest absolute Gasteiger partial charge is 0.465 e. The molecule has 0 aliphatic carbocycles. The van der Waals surface area contributed by atoms with E-state index in [0.29, 0.717) is 6.42 Å². The molecule has 0 aliphatic rings. The number of rotatable bonds is 4. The van der Waals surface area contributed by atoms with Crippen LogP contribution in [0.1, 0.15) is 5.56 Å². The Balaban J connectivity index is 0.000000796. The molecule has 0 aliphatic heterocycles. The molecular formula is C10H13N3O7. The zero-order valence-electron chi connectivity index (χ0n) is 10.6. The highest BCUT2D eigenvalue weighted by Gasteiger charge is 2.18. The minimum absolute atomic E-state index is 0.0300.